The summed E-state index contributed by atoms with van der Waals surface area (Å²) in [6.45, 7) is 0. The van der Waals surface area contributed by atoms with Gasteiger partial charge in [0.25, 0.3) is 5.79 Å². The van der Waals surface area contributed by atoms with Crippen LogP contribution in [0.25, 0.3) is 0 Å². The Morgan fingerprint density at radius 1 is 0.509 bits per heavy atom. The molecule has 0 amide bonds. The first-order valence-corrected chi connectivity index (χ1v) is 19.7. The second-order valence-corrected chi connectivity index (χ2v) is 16.6. The standard InChI is InChI=1S/C50H33BrO4/c51-48-42-31-43-41(46(32-17-5-1-6-18-32)38-26-14-16-28-40(38)50(53-43,55-46)35-23-11-4-12-24-35)30-29-36(42)44(52)45(48)47(33-19-7-2-8-20-33)37-25-13-15-27-39(37)49(48,54-47)34-21-9-3-10-22-34/h1-31,41,45H/t41-,45+,46+,47-,48-,49+,50-/m0/s1. The molecule has 4 bridgehead atoms. The summed E-state index contributed by atoms with van der Waals surface area (Å²) in [6, 6.07) is 58.2. The zero-order valence-electron chi connectivity index (χ0n) is 29.6. The van der Waals surface area contributed by atoms with Crippen LogP contribution in [0, 0.1) is 11.8 Å². The van der Waals surface area contributed by atoms with Crippen LogP contribution in [0.2, 0.25) is 0 Å². The van der Waals surface area contributed by atoms with Crippen LogP contribution >= 0.6 is 15.9 Å². The molecule has 0 radical (unpaired) electrons. The molecule has 4 heterocycles. The molecule has 0 spiro atoms. The molecule has 0 saturated carbocycles. The van der Waals surface area contributed by atoms with Gasteiger partial charge in [0.1, 0.15) is 26.9 Å². The number of fused-ring (bicyclic) bond motifs is 16. The summed E-state index contributed by atoms with van der Waals surface area (Å²) in [7, 11) is 0. The van der Waals surface area contributed by atoms with Gasteiger partial charge in [-0.2, -0.15) is 0 Å². The van der Waals surface area contributed by atoms with Crippen molar-refractivity contribution in [1.29, 1.82) is 0 Å². The van der Waals surface area contributed by atoms with E-state index in [-0.39, 0.29) is 5.78 Å². The van der Waals surface area contributed by atoms with Gasteiger partial charge in [0.15, 0.2) is 5.78 Å². The van der Waals surface area contributed by atoms with Crippen LogP contribution in [0.5, 0.6) is 0 Å². The van der Waals surface area contributed by atoms with Gasteiger partial charge in [0.2, 0.25) is 0 Å². The van der Waals surface area contributed by atoms with E-state index in [2.05, 4.69) is 149 Å². The maximum Gasteiger partial charge on any atom is 0.265 e. The summed E-state index contributed by atoms with van der Waals surface area (Å²) in [4.78, 5) is 15.6. The Hall–Kier alpha value is -5.59. The van der Waals surface area contributed by atoms with Crippen molar-refractivity contribution in [2.75, 3.05) is 0 Å². The summed E-state index contributed by atoms with van der Waals surface area (Å²) in [5, 5.41) is 0. The highest BCUT2D eigenvalue weighted by atomic mass is 79.9. The molecule has 6 aliphatic rings. The smallest absolute Gasteiger partial charge is 0.265 e. The normalized spacial score (nSPS) is 32.8. The largest absolute Gasteiger partial charge is 0.457 e. The maximum absolute atomic E-state index is 15.6. The van der Waals surface area contributed by atoms with E-state index >= 15 is 4.79 Å². The van der Waals surface area contributed by atoms with Crippen molar-refractivity contribution in [2.24, 2.45) is 11.8 Å². The van der Waals surface area contributed by atoms with E-state index in [1.165, 1.54) is 0 Å². The molecular formula is C50H33BrO4. The zero-order chi connectivity index (χ0) is 36.6. The minimum atomic E-state index is -1.24. The van der Waals surface area contributed by atoms with E-state index in [1.54, 1.807) is 0 Å². The Morgan fingerprint density at radius 2 is 1.00 bits per heavy atom. The van der Waals surface area contributed by atoms with Gasteiger partial charge in [-0.25, -0.2) is 0 Å². The summed E-state index contributed by atoms with van der Waals surface area (Å²) in [5.74, 6) is -1.49. The number of hydrogen-bond donors (Lipinski definition) is 0. The number of Topliss-reactive ketones (excluding diaryl/α,β-unsaturated/α-hetero) is 1. The van der Waals surface area contributed by atoms with Crippen LogP contribution < -0.4 is 0 Å². The lowest BCUT2D eigenvalue weighted by Gasteiger charge is -2.47. The van der Waals surface area contributed by atoms with E-state index in [9.17, 15) is 0 Å². The number of benzene rings is 6. The Labute approximate surface area is 327 Å². The Kier molecular flexibility index (Phi) is 6.23. The highest BCUT2D eigenvalue weighted by Gasteiger charge is 2.82. The molecule has 0 unspecified atom stereocenters. The molecule has 5 heteroatoms. The van der Waals surface area contributed by atoms with Crippen LogP contribution in [-0.2, 0) is 41.6 Å². The van der Waals surface area contributed by atoms with Gasteiger partial charge in [-0.3, -0.25) is 4.79 Å². The molecule has 0 N–H and O–H groups in total. The number of ketones is 1. The van der Waals surface area contributed by atoms with E-state index in [4.69, 9.17) is 14.2 Å². The third-order valence-corrected chi connectivity index (χ3v) is 14.5. The molecular weight excluding hydrogens is 744 g/mol. The second-order valence-electron chi connectivity index (χ2n) is 15.4. The van der Waals surface area contributed by atoms with Crippen LogP contribution in [0.3, 0.4) is 0 Å². The SMILES string of the molecule is O=C1C2=C(C=C3O[C@@]4(c5ccccc5)O[C@](c5ccccc5)(c5ccccc54)[C@H]3C=C2)[C@]2(Br)[C@H]1[C@@]1(c3ccccc3)O[C@]2(c2ccccc2)c2ccccc21. The molecule has 55 heavy (non-hydrogen) atoms. The highest BCUT2D eigenvalue weighted by molar-refractivity contribution is 9.10. The van der Waals surface area contributed by atoms with E-state index in [0.717, 1.165) is 55.8 Å². The summed E-state index contributed by atoms with van der Waals surface area (Å²) in [6.07, 6.45) is 6.35. The Balaban J connectivity index is 1.16. The minimum Gasteiger partial charge on any atom is -0.457 e. The first-order valence-electron chi connectivity index (χ1n) is 18.9. The van der Waals surface area contributed by atoms with Crippen molar-refractivity contribution in [2.45, 2.75) is 26.9 Å². The van der Waals surface area contributed by atoms with Gasteiger partial charge >= 0.3 is 0 Å². The van der Waals surface area contributed by atoms with E-state index in [0.29, 0.717) is 5.57 Å². The average Bonchev–Trinajstić information content (AvgIpc) is 3.81. The molecule has 6 aromatic rings. The highest BCUT2D eigenvalue weighted by Crippen LogP contribution is 2.77. The van der Waals surface area contributed by atoms with Gasteiger partial charge in [0.05, 0.1) is 11.8 Å². The number of hydrogen-bond acceptors (Lipinski definition) is 4. The second kappa shape index (κ2) is 10.8. The number of ether oxygens (including phenoxy) is 3. The van der Waals surface area contributed by atoms with Crippen molar-refractivity contribution in [1.82, 2.24) is 0 Å². The fraction of sp³-hybridized carbons (Fsp3) is 0.140. The van der Waals surface area contributed by atoms with Crippen molar-refractivity contribution in [3.63, 3.8) is 0 Å². The first kappa shape index (κ1) is 31.7. The fourth-order valence-corrected chi connectivity index (χ4v) is 12.4. The lowest BCUT2D eigenvalue weighted by atomic mass is 9.59. The van der Waals surface area contributed by atoms with Crippen LogP contribution in [0.1, 0.15) is 44.5 Å². The lowest BCUT2D eigenvalue weighted by Crippen LogP contribution is -2.52. The summed E-state index contributed by atoms with van der Waals surface area (Å²) in [5.41, 5.74) is 6.36. The molecule has 12 rings (SSSR count). The lowest BCUT2D eigenvalue weighted by molar-refractivity contribution is -0.277. The summed E-state index contributed by atoms with van der Waals surface area (Å²) >= 11 is 4.48. The molecule has 2 fully saturated rings. The monoisotopic (exact) mass is 776 g/mol. The van der Waals surface area contributed by atoms with E-state index < -0.39 is 38.8 Å². The Bertz CT molecular complexity index is 2690. The van der Waals surface area contributed by atoms with Crippen LogP contribution in [-0.4, -0.2) is 10.1 Å². The molecule has 264 valence electrons. The summed E-state index contributed by atoms with van der Waals surface area (Å²) < 4.78 is 21.6. The molecule has 0 aromatic heterocycles. The molecule has 4 aliphatic heterocycles. The van der Waals surface area contributed by atoms with Crippen LogP contribution in [0.15, 0.2) is 205 Å². The van der Waals surface area contributed by atoms with Crippen molar-refractivity contribution < 1.29 is 19.0 Å². The van der Waals surface area contributed by atoms with Crippen molar-refractivity contribution in [3.8, 4) is 0 Å². The molecule has 4 nitrogen and oxygen atoms in total. The Morgan fingerprint density at radius 3 is 1.62 bits per heavy atom. The van der Waals surface area contributed by atoms with E-state index in [1.807, 2.05) is 54.6 Å². The molecule has 6 aromatic carbocycles. The quantitative estimate of drug-likeness (QED) is 0.167. The van der Waals surface area contributed by atoms with Crippen LogP contribution in [0.4, 0.5) is 0 Å². The number of carbonyl (C=O) groups excluding carboxylic acids is 1. The van der Waals surface area contributed by atoms with Gasteiger partial charge in [-0.05, 0) is 45.0 Å². The maximum atomic E-state index is 15.6. The number of allylic oxidation sites excluding steroid dienone is 3. The topological polar surface area (TPSA) is 44.8 Å². The van der Waals surface area contributed by atoms with Gasteiger partial charge < -0.3 is 14.2 Å². The predicted molar refractivity (Wildman–Crippen MR) is 213 cm³/mol. The third-order valence-electron chi connectivity index (χ3n) is 13.0. The number of carbonyl (C=O) groups is 1. The number of rotatable bonds is 4. The van der Waals surface area contributed by atoms with Gasteiger partial charge in [-0.1, -0.05) is 198 Å². The zero-order valence-corrected chi connectivity index (χ0v) is 31.1. The van der Waals surface area contributed by atoms with Gasteiger partial charge in [-0.15, -0.1) is 0 Å². The fourth-order valence-electron chi connectivity index (χ4n) is 11.0. The van der Waals surface area contributed by atoms with Gasteiger partial charge in [0, 0.05) is 16.7 Å². The predicted octanol–water partition coefficient (Wildman–Crippen LogP) is 10.1. The van der Waals surface area contributed by atoms with Crippen molar-refractivity contribution >= 4 is 21.7 Å². The number of alkyl halides is 1. The first-order chi connectivity index (χ1) is 27.0. The molecule has 2 saturated heterocycles. The number of halogens is 1. The molecule has 2 aliphatic carbocycles. The third kappa shape index (κ3) is 3.55. The average molecular weight is 778 g/mol. The molecule has 7 atom stereocenters. The minimum absolute atomic E-state index is 0.0350. The van der Waals surface area contributed by atoms with Crippen molar-refractivity contribution in [3.05, 3.63) is 249 Å².